The van der Waals surface area contributed by atoms with Crippen molar-refractivity contribution in [2.45, 2.75) is 20.4 Å². The second-order valence-electron chi connectivity index (χ2n) is 4.24. The van der Waals surface area contributed by atoms with Gasteiger partial charge in [0.1, 0.15) is 5.82 Å². The summed E-state index contributed by atoms with van der Waals surface area (Å²) >= 11 is 0. The predicted octanol–water partition coefficient (Wildman–Crippen LogP) is 3.12. The van der Waals surface area contributed by atoms with E-state index in [9.17, 15) is 4.39 Å². The van der Waals surface area contributed by atoms with Gasteiger partial charge in [-0.05, 0) is 42.7 Å². The van der Waals surface area contributed by atoms with Crippen molar-refractivity contribution in [3.63, 3.8) is 0 Å². The molecule has 2 nitrogen and oxygen atoms in total. The Kier molecular flexibility index (Phi) is 3.79. The first-order valence-corrected chi connectivity index (χ1v) is 6.21. The zero-order chi connectivity index (χ0) is 12.3. The summed E-state index contributed by atoms with van der Waals surface area (Å²) in [6.07, 6.45) is 2.04. The fourth-order valence-corrected chi connectivity index (χ4v) is 2.14. The Hall–Kier alpha value is -1.35. The number of halogens is 1. The summed E-state index contributed by atoms with van der Waals surface area (Å²) in [5.41, 5.74) is 0.983. The molecule has 0 aliphatic carbocycles. The highest BCUT2D eigenvalue weighted by Crippen LogP contribution is 2.16. The van der Waals surface area contributed by atoms with Crippen LogP contribution in [-0.2, 0) is 6.54 Å². The molecule has 0 radical (unpaired) electrons. The first kappa shape index (κ1) is 12.1. The number of hydrogen-bond acceptors (Lipinski definition) is 1. The molecule has 1 aromatic carbocycles. The number of rotatable bonds is 5. The van der Waals surface area contributed by atoms with E-state index in [1.54, 1.807) is 6.07 Å². The van der Waals surface area contributed by atoms with E-state index < -0.39 is 0 Å². The average molecular weight is 234 g/mol. The third-order valence-corrected chi connectivity index (χ3v) is 3.29. The first-order chi connectivity index (χ1) is 8.24. The molecule has 0 bridgehead atoms. The molecule has 92 valence electrons. The van der Waals surface area contributed by atoms with Crippen LogP contribution in [0.1, 0.15) is 13.8 Å². The molecule has 0 fully saturated rings. The molecule has 2 aromatic rings. The fraction of sp³-hybridized carbons (Fsp3) is 0.429. The summed E-state index contributed by atoms with van der Waals surface area (Å²) in [5.74, 6) is -0.166. The lowest BCUT2D eigenvalue weighted by molar-refractivity contribution is 0.292. The Labute approximate surface area is 102 Å². The van der Waals surface area contributed by atoms with Crippen LogP contribution in [0.3, 0.4) is 0 Å². The van der Waals surface area contributed by atoms with E-state index >= 15 is 0 Å². The van der Waals surface area contributed by atoms with Gasteiger partial charge in [-0.2, -0.15) is 0 Å². The van der Waals surface area contributed by atoms with E-state index in [2.05, 4.69) is 23.3 Å². The van der Waals surface area contributed by atoms with Crippen LogP contribution in [-0.4, -0.2) is 29.1 Å². The van der Waals surface area contributed by atoms with Gasteiger partial charge in [-0.25, -0.2) is 4.39 Å². The molecule has 0 N–H and O–H groups in total. The summed E-state index contributed by atoms with van der Waals surface area (Å²) in [6.45, 7) is 8.37. The van der Waals surface area contributed by atoms with Gasteiger partial charge in [0.2, 0.25) is 0 Å². The summed E-state index contributed by atoms with van der Waals surface area (Å²) in [6, 6.07) is 6.99. The number of benzene rings is 1. The highest BCUT2D eigenvalue weighted by molar-refractivity contribution is 5.80. The largest absolute Gasteiger partial charge is 0.346 e. The highest BCUT2D eigenvalue weighted by atomic mass is 19.1. The zero-order valence-electron chi connectivity index (χ0n) is 10.5. The summed E-state index contributed by atoms with van der Waals surface area (Å²) < 4.78 is 15.3. The molecule has 3 heteroatoms. The number of aromatic nitrogens is 1. The van der Waals surface area contributed by atoms with Gasteiger partial charge in [0, 0.05) is 19.3 Å². The summed E-state index contributed by atoms with van der Waals surface area (Å²) in [5, 5.41) is 1.10. The van der Waals surface area contributed by atoms with E-state index in [-0.39, 0.29) is 5.82 Å². The van der Waals surface area contributed by atoms with Crippen LogP contribution < -0.4 is 0 Å². The zero-order valence-corrected chi connectivity index (χ0v) is 10.5. The quantitative estimate of drug-likeness (QED) is 0.771. The minimum Gasteiger partial charge on any atom is -0.346 e. The van der Waals surface area contributed by atoms with E-state index in [1.165, 1.54) is 6.07 Å². The molecule has 0 atom stereocenters. The number of hydrogen-bond donors (Lipinski definition) is 0. The molecule has 0 spiro atoms. The SMILES string of the molecule is CCN(CC)CCn1ccc2ccc(F)cc21. The molecule has 1 aromatic heterocycles. The first-order valence-electron chi connectivity index (χ1n) is 6.21. The Balaban J connectivity index is 2.16. The van der Waals surface area contributed by atoms with Crippen LogP contribution in [0.5, 0.6) is 0 Å². The molecule has 0 aliphatic heterocycles. The lowest BCUT2D eigenvalue weighted by atomic mass is 10.2. The van der Waals surface area contributed by atoms with Crippen molar-refractivity contribution in [1.29, 1.82) is 0 Å². The Morgan fingerprint density at radius 3 is 2.65 bits per heavy atom. The van der Waals surface area contributed by atoms with E-state index in [0.29, 0.717) is 0 Å². The standard InChI is InChI=1S/C14H19FN2/c1-3-16(4-2)9-10-17-8-7-12-5-6-13(15)11-14(12)17/h5-8,11H,3-4,9-10H2,1-2H3. The van der Waals surface area contributed by atoms with Crippen LogP contribution in [0.4, 0.5) is 4.39 Å². The van der Waals surface area contributed by atoms with Crippen LogP contribution in [0, 0.1) is 5.82 Å². The van der Waals surface area contributed by atoms with Gasteiger partial charge >= 0.3 is 0 Å². The smallest absolute Gasteiger partial charge is 0.125 e. The Morgan fingerprint density at radius 2 is 1.94 bits per heavy atom. The summed E-state index contributed by atoms with van der Waals surface area (Å²) in [7, 11) is 0. The van der Waals surface area contributed by atoms with Gasteiger partial charge < -0.3 is 9.47 Å². The molecule has 0 saturated carbocycles. The van der Waals surface area contributed by atoms with E-state index in [0.717, 1.165) is 37.1 Å². The van der Waals surface area contributed by atoms with Crippen molar-refractivity contribution in [3.05, 3.63) is 36.3 Å². The molecule has 1 heterocycles. The van der Waals surface area contributed by atoms with Gasteiger partial charge in [-0.15, -0.1) is 0 Å². The number of fused-ring (bicyclic) bond motifs is 1. The van der Waals surface area contributed by atoms with Crippen LogP contribution >= 0.6 is 0 Å². The van der Waals surface area contributed by atoms with Crippen molar-refractivity contribution < 1.29 is 4.39 Å². The monoisotopic (exact) mass is 234 g/mol. The van der Waals surface area contributed by atoms with E-state index in [4.69, 9.17) is 0 Å². The van der Waals surface area contributed by atoms with Gasteiger partial charge in [-0.3, -0.25) is 0 Å². The van der Waals surface area contributed by atoms with Crippen LogP contribution in [0.2, 0.25) is 0 Å². The minimum absolute atomic E-state index is 0.166. The topological polar surface area (TPSA) is 8.17 Å². The Bertz CT molecular complexity index is 486. The second kappa shape index (κ2) is 5.32. The number of nitrogens with zero attached hydrogens (tertiary/aromatic N) is 2. The lowest BCUT2D eigenvalue weighted by Gasteiger charge is -2.18. The maximum atomic E-state index is 13.2. The predicted molar refractivity (Wildman–Crippen MR) is 69.7 cm³/mol. The van der Waals surface area contributed by atoms with Gasteiger partial charge in [0.05, 0.1) is 5.52 Å². The fourth-order valence-electron chi connectivity index (χ4n) is 2.14. The Morgan fingerprint density at radius 1 is 1.18 bits per heavy atom. The molecule has 0 aliphatic rings. The minimum atomic E-state index is -0.166. The van der Waals surface area contributed by atoms with Crippen molar-refractivity contribution in [3.8, 4) is 0 Å². The van der Waals surface area contributed by atoms with Crippen LogP contribution in [0.25, 0.3) is 10.9 Å². The third kappa shape index (κ3) is 2.67. The van der Waals surface area contributed by atoms with Gasteiger partial charge in [0.25, 0.3) is 0 Å². The number of likely N-dealkylation sites (N-methyl/N-ethyl adjacent to an activating group) is 1. The maximum absolute atomic E-state index is 13.2. The molecular weight excluding hydrogens is 215 g/mol. The second-order valence-corrected chi connectivity index (χ2v) is 4.24. The molecule has 0 unspecified atom stereocenters. The van der Waals surface area contributed by atoms with Crippen molar-refractivity contribution >= 4 is 10.9 Å². The van der Waals surface area contributed by atoms with Gasteiger partial charge in [0.15, 0.2) is 0 Å². The maximum Gasteiger partial charge on any atom is 0.125 e. The molecule has 0 amide bonds. The van der Waals surface area contributed by atoms with Crippen molar-refractivity contribution in [2.75, 3.05) is 19.6 Å². The van der Waals surface area contributed by atoms with Gasteiger partial charge in [-0.1, -0.05) is 13.8 Å². The normalized spacial score (nSPS) is 11.5. The van der Waals surface area contributed by atoms with Crippen molar-refractivity contribution in [1.82, 2.24) is 9.47 Å². The molecule has 0 saturated heterocycles. The summed E-state index contributed by atoms with van der Waals surface area (Å²) in [4.78, 5) is 2.37. The average Bonchev–Trinajstić information content (AvgIpc) is 2.73. The third-order valence-electron chi connectivity index (χ3n) is 3.29. The molecule has 17 heavy (non-hydrogen) atoms. The van der Waals surface area contributed by atoms with E-state index in [1.807, 2.05) is 18.3 Å². The highest BCUT2D eigenvalue weighted by Gasteiger charge is 2.04. The van der Waals surface area contributed by atoms with Crippen molar-refractivity contribution in [2.24, 2.45) is 0 Å². The molecule has 2 rings (SSSR count). The lowest BCUT2D eigenvalue weighted by Crippen LogP contribution is -2.26. The molecular formula is C14H19FN2. The van der Waals surface area contributed by atoms with Crippen LogP contribution in [0.15, 0.2) is 30.5 Å².